The highest BCUT2D eigenvalue weighted by Crippen LogP contribution is 1.97. The molecule has 0 fully saturated rings. The van der Waals surface area contributed by atoms with E-state index >= 15 is 0 Å². The van der Waals surface area contributed by atoms with E-state index in [1.807, 2.05) is 13.8 Å². The molecule has 3 heteroatoms. The van der Waals surface area contributed by atoms with E-state index in [0.29, 0.717) is 0 Å². The maximum absolute atomic E-state index is 10.5. The van der Waals surface area contributed by atoms with Gasteiger partial charge in [-0.15, -0.1) is 0 Å². The predicted octanol–water partition coefficient (Wildman–Crippen LogP) is 0.529. The van der Waals surface area contributed by atoms with Crippen LogP contribution in [0.3, 0.4) is 0 Å². The van der Waals surface area contributed by atoms with Crippen molar-refractivity contribution in [2.24, 2.45) is 0 Å². The van der Waals surface area contributed by atoms with Crippen molar-refractivity contribution >= 4 is 5.91 Å². The molecule has 10 heavy (non-hydrogen) atoms. The van der Waals surface area contributed by atoms with Crippen LogP contribution in [0, 0.1) is 0 Å². The van der Waals surface area contributed by atoms with Crippen molar-refractivity contribution in [3.05, 3.63) is 0 Å². The van der Waals surface area contributed by atoms with Gasteiger partial charge in [-0.2, -0.15) is 0 Å². The van der Waals surface area contributed by atoms with Crippen LogP contribution in [-0.2, 0) is 4.79 Å². The lowest BCUT2D eigenvalue weighted by molar-refractivity contribution is -0.135. The number of carbonyl (C=O) groups is 1. The summed E-state index contributed by atoms with van der Waals surface area (Å²) in [6.45, 7) is 6.87. The molecule has 3 nitrogen and oxygen atoms in total. The van der Waals surface area contributed by atoms with Gasteiger partial charge in [0.05, 0.1) is 0 Å². The van der Waals surface area contributed by atoms with E-state index in [1.165, 1.54) is 20.9 Å². The SMILES string of the molecule is CC.CNC(=O)C(C)(C)O. The lowest BCUT2D eigenvalue weighted by Crippen LogP contribution is -2.39. The van der Waals surface area contributed by atoms with Crippen molar-refractivity contribution in [2.45, 2.75) is 33.3 Å². The van der Waals surface area contributed by atoms with Gasteiger partial charge in [0.1, 0.15) is 5.60 Å². The number of carbonyl (C=O) groups excluding carboxylic acids is 1. The number of aliphatic hydroxyl groups is 1. The van der Waals surface area contributed by atoms with Crippen LogP contribution in [0.25, 0.3) is 0 Å². The monoisotopic (exact) mass is 147 g/mol. The third kappa shape index (κ3) is 5.56. The lowest BCUT2D eigenvalue weighted by atomic mass is 10.1. The first-order valence-corrected chi connectivity index (χ1v) is 3.43. The Morgan fingerprint density at radius 3 is 1.70 bits per heavy atom. The molecule has 0 heterocycles. The Balaban J connectivity index is 0. The summed E-state index contributed by atoms with van der Waals surface area (Å²) < 4.78 is 0. The van der Waals surface area contributed by atoms with Gasteiger partial charge in [-0.1, -0.05) is 13.8 Å². The molecule has 62 valence electrons. The summed E-state index contributed by atoms with van der Waals surface area (Å²) in [6, 6.07) is 0. The van der Waals surface area contributed by atoms with Crippen molar-refractivity contribution < 1.29 is 9.90 Å². The van der Waals surface area contributed by atoms with Crippen molar-refractivity contribution in [3.8, 4) is 0 Å². The van der Waals surface area contributed by atoms with E-state index in [0.717, 1.165) is 0 Å². The van der Waals surface area contributed by atoms with E-state index in [1.54, 1.807) is 0 Å². The van der Waals surface area contributed by atoms with Crippen LogP contribution in [0.2, 0.25) is 0 Å². The molecular weight excluding hydrogens is 130 g/mol. The average Bonchev–Trinajstić information content (AvgIpc) is 1.89. The number of hydrogen-bond donors (Lipinski definition) is 2. The second kappa shape index (κ2) is 5.23. The molecule has 0 aromatic carbocycles. The van der Waals surface area contributed by atoms with Gasteiger partial charge in [0.15, 0.2) is 0 Å². The second-order valence-electron chi connectivity index (χ2n) is 2.14. The standard InChI is InChI=1S/C5H11NO2.C2H6/c1-5(2,8)4(7)6-3;1-2/h8H,1-3H3,(H,6,7);1-2H3. The van der Waals surface area contributed by atoms with E-state index in [9.17, 15) is 4.79 Å². The van der Waals surface area contributed by atoms with Crippen LogP contribution in [0.15, 0.2) is 0 Å². The molecule has 0 atom stereocenters. The first kappa shape index (κ1) is 12.1. The molecule has 0 bridgehead atoms. The van der Waals surface area contributed by atoms with Gasteiger partial charge >= 0.3 is 0 Å². The lowest BCUT2D eigenvalue weighted by Gasteiger charge is -2.13. The predicted molar refractivity (Wildman–Crippen MR) is 41.7 cm³/mol. The minimum Gasteiger partial charge on any atom is -0.381 e. The Morgan fingerprint density at radius 1 is 1.40 bits per heavy atom. The van der Waals surface area contributed by atoms with Crippen molar-refractivity contribution in [1.82, 2.24) is 5.32 Å². The summed E-state index contributed by atoms with van der Waals surface area (Å²) in [5.74, 6) is -0.363. The Kier molecular flexibility index (Phi) is 6.35. The molecule has 0 radical (unpaired) electrons. The zero-order chi connectivity index (χ0) is 8.78. The van der Waals surface area contributed by atoms with Crippen molar-refractivity contribution in [3.63, 3.8) is 0 Å². The highest BCUT2D eigenvalue weighted by atomic mass is 16.3. The topological polar surface area (TPSA) is 49.3 Å². The van der Waals surface area contributed by atoms with Gasteiger partial charge < -0.3 is 10.4 Å². The number of amides is 1. The number of hydrogen-bond acceptors (Lipinski definition) is 2. The summed E-state index contributed by atoms with van der Waals surface area (Å²) in [7, 11) is 1.49. The van der Waals surface area contributed by atoms with Gasteiger partial charge in [0.2, 0.25) is 0 Å². The van der Waals surface area contributed by atoms with Crippen molar-refractivity contribution in [2.75, 3.05) is 7.05 Å². The molecule has 0 aliphatic carbocycles. The van der Waals surface area contributed by atoms with Crippen LogP contribution < -0.4 is 5.32 Å². The first-order valence-electron chi connectivity index (χ1n) is 3.43. The van der Waals surface area contributed by atoms with Crippen LogP contribution in [0.5, 0.6) is 0 Å². The highest BCUT2D eigenvalue weighted by Gasteiger charge is 2.21. The molecule has 0 aromatic heterocycles. The minimum atomic E-state index is -1.24. The van der Waals surface area contributed by atoms with Gasteiger partial charge in [0, 0.05) is 7.05 Å². The third-order valence-electron chi connectivity index (χ3n) is 0.783. The summed E-state index contributed by atoms with van der Waals surface area (Å²) in [5, 5.41) is 11.2. The molecule has 1 amide bonds. The quantitative estimate of drug-likeness (QED) is 0.568. The Labute approximate surface area is 62.4 Å². The fourth-order valence-corrected chi connectivity index (χ4v) is 0.306. The van der Waals surface area contributed by atoms with Crippen LogP contribution in [0.4, 0.5) is 0 Å². The summed E-state index contributed by atoms with van der Waals surface area (Å²) in [5.41, 5.74) is -1.24. The molecule has 0 aromatic rings. The molecular formula is C7H17NO2. The van der Waals surface area contributed by atoms with Crippen molar-refractivity contribution in [1.29, 1.82) is 0 Å². The summed E-state index contributed by atoms with van der Waals surface area (Å²) >= 11 is 0. The van der Waals surface area contributed by atoms with Gasteiger partial charge in [0.25, 0.3) is 5.91 Å². The minimum absolute atomic E-state index is 0.363. The van der Waals surface area contributed by atoms with E-state index in [-0.39, 0.29) is 5.91 Å². The maximum atomic E-state index is 10.5. The molecule has 0 unspecified atom stereocenters. The normalized spacial score (nSPS) is 9.40. The Morgan fingerprint density at radius 2 is 1.70 bits per heavy atom. The molecule has 0 saturated heterocycles. The van der Waals surface area contributed by atoms with Gasteiger partial charge in [-0.3, -0.25) is 4.79 Å². The zero-order valence-electron chi connectivity index (χ0n) is 7.36. The average molecular weight is 147 g/mol. The van der Waals surface area contributed by atoms with Crippen LogP contribution >= 0.6 is 0 Å². The van der Waals surface area contributed by atoms with Crippen LogP contribution in [0.1, 0.15) is 27.7 Å². The summed E-state index contributed by atoms with van der Waals surface area (Å²) in [4.78, 5) is 10.5. The second-order valence-corrected chi connectivity index (χ2v) is 2.14. The van der Waals surface area contributed by atoms with E-state index in [2.05, 4.69) is 5.32 Å². The molecule has 0 rings (SSSR count). The molecule has 2 N–H and O–H groups in total. The summed E-state index contributed by atoms with van der Waals surface area (Å²) in [6.07, 6.45) is 0. The fourth-order valence-electron chi connectivity index (χ4n) is 0.306. The molecule has 0 aliphatic heterocycles. The number of likely N-dealkylation sites (N-methyl/N-ethyl adjacent to an activating group) is 1. The largest absolute Gasteiger partial charge is 0.381 e. The molecule has 0 saturated carbocycles. The zero-order valence-corrected chi connectivity index (χ0v) is 7.36. The van der Waals surface area contributed by atoms with Gasteiger partial charge in [-0.05, 0) is 13.8 Å². The first-order chi connectivity index (χ1) is 4.48. The number of nitrogens with one attached hydrogen (secondary N) is 1. The maximum Gasteiger partial charge on any atom is 0.251 e. The third-order valence-corrected chi connectivity index (χ3v) is 0.783. The Hall–Kier alpha value is -0.570. The highest BCUT2D eigenvalue weighted by molar-refractivity contribution is 5.83. The van der Waals surface area contributed by atoms with E-state index in [4.69, 9.17) is 5.11 Å². The molecule has 0 spiro atoms. The number of rotatable bonds is 1. The smallest absolute Gasteiger partial charge is 0.251 e. The van der Waals surface area contributed by atoms with E-state index < -0.39 is 5.60 Å². The fraction of sp³-hybridized carbons (Fsp3) is 0.857. The van der Waals surface area contributed by atoms with Gasteiger partial charge in [-0.25, -0.2) is 0 Å². The molecule has 0 aliphatic rings. The Bertz CT molecular complexity index is 94.3. The van der Waals surface area contributed by atoms with Crippen LogP contribution in [-0.4, -0.2) is 23.7 Å².